The summed E-state index contributed by atoms with van der Waals surface area (Å²) in [6.07, 6.45) is 0.0357. The summed E-state index contributed by atoms with van der Waals surface area (Å²) in [7, 11) is 1.57. The number of benzene rings is 1. The highest BCUT2D eigenvalue weighted by atomic mass is 16.5. The maximum Gasteiger partial charge on any atom is 0.255 e. The molecule has 5 nitrogen and oxygen atoms in total. The fourth-order valence-electron chi connectivity index (χ4n) is 2.05. The summed E-state index contributed by atoms with van der Waals surface area (Å²) >= 11 is 0. The molecule has 1 heterocycles. The predicted molar refractivity (Wildman–Crippen MR) is 72.7 cm³/mol. The number of carbonyl (C=O) groups excluding carboxylic acids is 1. The van der Waals surface area contributed by atoms with Crippen molar-refractivity contribution in [1.82, 2.24) is 10.6 Å². The third-order valence-corrected chi connectivity index (χ3v) is 3.09. The van der Waals surface area contributed by atoms with Crippen LogP contribution in [-0.4, -0.2) is 45.4 Å². The Kier molecular flexibility index (Phi) is 4.76. The van der Waals surface area contributed by atoms with Crippen molar-refractivity contribution in [3.63, 3.8) is 0 Å². The van der Waals surface area contributed by atoms with Crippen LogP contribution in [0, 0.1) is 6.92 Å². The molecule has 1 aliphatic heterocycles. The van der Waals surface area contributed by atoms with E-state index in [9.17, 15) is 4.79 Å². The van der Waals surface area contributed by atoms with Gasteiger partial charge in [0.25, 0.3) is 5.91 Å². The van der Waals surface area contributed by atoms with Crippen LogP contribution < -0.4 is 15.4 Å². The molecule has 0 aliphatic carbocycles. The van der Waals surface area contributed by atoms with Crippen LogP contribution in [0.25, 0.3) is 0 Å². The zero-order valence-corrected chi connectivity index (χ0v) is 11.4. The molecular formula is C14H20N2O3. The second-order valence-electron chi connectivity index (χ2n) is 4.61. The summed E-state index contributed by atoms with van der Waals surface area (Å²) in [4.78, 5) is 12.2. The molecule has 0 bridgehead atoms. The van der Waals surface area contributed by atoms with Crippen molar-refractivity contribution < 1.29 is 14.3 Å². The molecule has 2 rings (SSSR count). The summed E-state index contributed by atoms with van der Waals surface area (Å²) in [5.74, 6) is 0.459. The highest BCUT2D eigenvalue weighted by Crippen LogP contribution is 2.19. The maximum absolute atomic E-state index is 12.2. The highest BCUT2D eigenvalue weighted by Gasteiger charge is 2.17. The van der Waals surface area contributed by atoms with Gasteiger partial charge in [-0.3, -0.25) is 4.79 Å². The number of hydrogen-bond acceptors (Lipinski definition) is 4. The van der Waals surface area contributed by atoms with Crippen molar-refractivity contribution in [1.29, 1.82) is 0 Å². The lowest BCUT2D eigenvalue weighted by atomic mass is 10.1. The van der Waals surface area contributed by atoms with Gasteiger partial charge in [-0.25, -0.2) is 0 Å². The Morgan fingerprint density at radius 2 is 2.42 bits per heavy atom. The first-order valence-corrected chi connectivity index (χ1v) is 6.46. The molecule has 104 valence electrons. The quantitative estimate of drug-likeness (QED) is 0.841. The summed E-state index contributed by atoms with van der Waals surface area (Å²) in [6, 6.07) is 5.56. The summed E-state index contributed by atoms with van der Waals surface area (Å²) in [6.45, 7) is 4.78. The largest absolute Gasteiger partial charge is 0.496 e. The first-order chi connectivity index (χ1) is 9.20. The van der Waals surface area contributed by atoms with Crippen molar-refractivity contribution in [3.05, 3.63) is 29.3 Å². The van der Waals surface area contributed by atoms with Gasteiger partial charge in [0.15, 0.2) is 0 Å². The van der Waals surface area contributed by atoms with Crippen LogP contribution in [-0.2, 0) is 4.74 Å². The maximum atomic E-state index is 12.2. The number of methoxy groups -OCH3 is 1. The van der Waals surface area contributed by atoms with E-state index < -0.39 is 0 Å². The molecule has 1 amide bonds. The number of carbonyl (C=O) groups is 1. The Morgan fingerprint density at radius 3 is 3.11 bits per heavy atom. The lowest BCUT2D eigenvalue weighted by Gasteiger charge is -2.23. The van der Waals surface area contributed by atoms with E-state index in [4.69, 9.17) is 9.47 Å². The fourth-order valence-corrected chi connectivity index (χ4v) is 2.05. The average molecular weight is 264 g/mol. The Hall–Kier alpha value is -1.59. The summed E-state index contributed by atoms with van der Waals surface area (Å²) in [5, 5.41) is 6.12. The molecule has 0 aromatic heterocycles. The SMILES string of the molecule is COc1ccc(C)cc1C(=O)NCC1CNCCO1. The second-order valence-corrected chi connectivity index (χ2v) is 4.61. The fraction of sp³-hybridized carbons (Fsp3) is 0.500. The van der Waals surface area contributed by atoms with Gasteiger partial charge in [-0.05, 0) is 19.1 Å². The van der Waals surface area contributed by atoms with Gasteiger partial charge in [0, 0.05) is 19.6 Å². The van der Waals surface area contributed by atoms with Gasteiger partial charge in [0.1, 0.15) is 5.75 Å². The standard InChI is InChI=1S/C14H20N2O3/c1-10-3-4-13(18-2)12(7-10)14(17)16-9-11-8-15-5-6-19-11/h3-4,7,11,15H,5-6,8-9H2,1-2H3,(H,16,17). The Balaban J connectivity index is 1.97. The van der Waals surface area contributed by atoms with E-state index in [0.29, 0.717) is 24.5 Å². The van der Waals surface area contributed by atoms with Gasteiger partial charge in [-0.1, -0.05) is 11.6 Å². The molecule has 2 N–H and O–H groups in total. The smallest absolute Gasteiger partial charge is 0.255 e. The van der Waals surface area contributed by atoms with Crippen molar-refractivity contribution in [2.75, 3.05) is 33.4 Å². The molecule has 1 aromatic rings. The molecule has 0 saturated carbocycles. The van der Waals surface area contributed by atoms with Crippen LogP contribution >= 0.6 is 0 Å². The normalized spacial score (nSPS) is 18.9. The van der Waals surface area contributed by atoms with E-state index >= 15 is 0 Å². The van der Waals surface area contributed by atoms with Gasteiger partial charge >= 0.3 is 0 Å². The lowest BCUT2D eigenvalue weighted by molar-refractivity contribution is 0.0287. The minimum absolute atomic E-state index is 0.0357. The molecule has 1 saturated heterocycles. The number of hydrogen-bond donors (Lipinski definition) is 2. The zero-order valence-electron chi connectivity index (χ0n) is 11.4. The molecule has 1 aliphatic rings. The molecule has 1 fully saturated rings. The van der Waals surface area contributed by atoms with E-state index in [1.165, 1.54) is 0 Å². The molecular weight excluding hydrogens is 244 g/mol. The number of nitrogens with one attached hydrogen (secondary N) is 2. The van der Waals surface area contributed by atoms with E-state index in [-0.39, 0.29) is 12.0 Å². The van der Waals surface area contributed by atoms with Crippen LogP contribution in [0.3, 0.4) is 0 Å². The third-order valence-electron chi connectivity index (χ3n) is 3.09. The van der Waals surface area contributed by atoms with Crippen molar-refractivity contribution in [3.8, 4) is 5.75 Å². The summed E-state index contributed by atoms with van der Waals surface area (Å²) < 4.78 is 10.7. The van der Waals surface area contributed by atoms with E-state index in [0.717, 1.165) is 18.7 Å². The van der Waals surface area contributed by atoms with Crippen molar-refractivity contribution in [2.45, 2.75) is 13.0 Å². The van der Waals surface area contributed by atoms with Crippen LogP contribution in [0.4, 0.5) is 0 Å². The molecule has 5 heteroatoms. The topological polar surface area (TPSA) is 59.6 Å². The average Bonchev–Trinajstić information content (AvgIpc) is 2.46. The van der Waals surface area contributed by atoms with Crippen molar-refractivity contribution in [2.24, 2.45) is 0 Å². The zero-order chi connectivity index (χ0) is 13.7. The van der Waals surface area contributed by atoms with Crippen molar-refractivity contribution >= 4 is 5.91 Å². The summed E-state index contributed by atoms with van der Waals surface area (Å²) in [5.41, 5.74) is 1.59. The Labute approximate surface area is 113 Å². The number of amides is 1. The molecule has 1 atom stereocenters. The minimum atomic E-state index is -0.130. The predicted octanol–water partition coefficient (Wildman–Crippen LogP) is 0.722. The minimum Gasteiger partial charge on any atom is -0.496 e. The first-order valence-electron chi connectivity index (χ1n) is 6.46. The Bertz CT molecular complexity index is 442. The monoisotopic (exact) mass is 264 g/mol. The molecule has 0 radical (unpaired) electrons. The van der Waals surface area contributed by atoms with Crippen LogP contribution in [0.1, 0.15) is 15.9 Å². The van der Waals surface area contributed by atoms with Crippen LogP contribution in [0.5, 0.6) is 5.75 Å². The third kappa shape index (κ3) is 3.68. The molecule has 0 spiro atoms. The Morgan fingerprint density at radius 1 is 1.58 bits per heavy atom. The van der Waals surface area contributed by atoms with Crippen LogP contribution in [0.2, 0.25) is 0 Å². The molecule has 1 aromatic carbocycles. The number of rotatable bonds is 4. The van der Waals surface area contributed by atoms with E-state index in [1.54, 1.807) is 7.11 Å². The first kappa shape index (κ1) is 13.8. The molecule has 19 heavy (non-hydrogen) atoms. The lowest BCUT2D eigenvalue weighted by Crippen LogP contribution is -2.45. The number of morpholine rings is 1. The molecule has 1 unspecified atom stereocenters. The highest BCUT2D eigenvalue weighted by molar-refractivity contribution is 5.97. The van der Waals surface area contributed by atoms with Gasteiger partial charge in [-0.15, -0.1) is 0 Å². The van der Waals surface area contributed by atoms with Crippen LogP contribution in [0.15, 0.2) is 18.2 Å². The van der Waals surface area contributed by atoms with E-state index in [2.05, 4.69) is 10.6 Å². The van der Waals surface area contributed by atoms with Gasteiger partial charge in [0.05, 0.1) is 25.4 Å². The van der Waals surface area contributed by atoms with Gasteiger partial charge in [0.2, 0.25) is 0 Å². The second kappa shape index (κ2) is 6.54. The van der Waals surface area contributed by atoms with Gasteiger partial charge in [-0.2, -0.15) is 0 Å². The number of aryl methyl sites for hydroxylation is 1. The number of ether oxygens (including phenoxy) is 2. The van der Waals surface area contributed by atoms with Gasteiger partial charge < -0.3 is 20.1 Å². The van der Waals surface area contributed by atoms with E-state index in [1.807, 2.05) is 25.1 Å².